The van der Waals surface area contributed by atoms with Crippen LogP contribution in [0.1, 0.15) is 78.0 Å². The summed E-state index contributed by atoms with van der Waals surface area (Å²) in [6.45, 7) is 20.7. The summed E-state index contributed by atoms with van der Waals surface area (Å²) in [5, 5.41) is 9.26. The molecule has 3 rings (SSSR count). The number of allylic oxidation sites excluding steroid dienone is 8. The van der Waals surface area contributed by atoms with E-state index in [1.54, 1.807) is 12.3 Å². The number of aliphatic hydroxyl groups excluding tert-OH is 1. The molecule has 216 valence electrons. The quantitative estimate of drug-likeness (QED) is 0.147. The molecule has 5 nitrogen and oxygen atoms in total. The first-order valence-corrected chi connectivity index (χ1v) is 14.6. The maximum atomic E-state index is 12.9. The van der Waals surface area contributed by atoms with E-state index in [1.165, 1.54) is 11.1 Å². The largest absolute Gasteiger partial charge is 0.396 e. The number of likely N-dealkylation sites (tertiary alicyclic amines) is 1. The molecule has 1 saturated heterocycles. The van der Waals surface area contributed by atoms with Gasteiger partial charge in [0, 0.05) is 49.8 Å². The number of rotatable bonds is 9. The lowest BCUT2D eigenvalue weighted by Gasteiger charge is -2.24. The number of hydrogen-bond acceptors (Lipinski definition) is 5. The van der Waals surface area contributed by atoms with Crippen LogP contribution in [-0.2, 0) is 4.79 Å². The summed E-state index contributed by atoms with van der Waals surface area (Å²) in [7, 11) is 0. The minimum Gasteiger partial charge on any atom is -0.396 e. The normalized spacial score (nSPS) is 19.0. The molecule has 0 saturated carbocycles. The number of ketones is 1. The molecule has 1 fully saturated rings. The van der Waals surface area contributed by atoms with Crippen molar-refractivity contribution in [3.05, 3.63) is 107 Å². The third kappa shape index (κ3) is 8.85. The molecule has 0 aliphatic carbocycles. The molecule has 1 unspecified atom stereocenters. The van der Waals surface area contributed by atoms with Crippen molar-refractivity contribution < 1.29 is 9.90 Å². The molecule has 0 spiro atoms. The van der Waals surface area contributed by atoms with E-state index in [9.17, 15) is 9.90 Å². The number of hydrogen-bond donors (Lipinski definition) is 1. The summed E-state index contributed by atoms with van der Waals surface area (Å²) < 4.78 is 0. The number of aliphatic imine (C=N–C) groups is 1. The van der Waals surface area contributed by atoms with Gasteiger partial charge in [0.25, 0.3) is 0 Å². The Morgan fingerprint density at radius 1 is 1.20 bits per heavy atom. The van der Waals surface area contributed by atoms with E-state index in [-0.39, 0.29) is 12.4 Å². The van der Waals surface area contributed by atoms with E-state index < -0.39 is 0 Å². The van der Waals surface area contributed by atoms with E-state index >= 15 is 0 Å². The summed E-state index contributed by atoms with van der Waals surface area (Å²) in [6, 6.07) is 3.92. The molecule has 1 aromatic heterocycles. The number of aliphatic hydroxyl groups is 1. The predicted molar refractivity (Wildman–Crippen MR) is 172 cm³/mol. The van der Waals surface area contributed by atoms with Crippen LogP contribution < -0.4 is 0 Å². The Bertz CT molecular complexity index is 1390. The van der Waals surface area contributed by atoms with E-state index in [0.717, 1.165) is 66.9 Å². The Labute approximate surface area is 246 Å². The molecular weight excluding hydrogens is 506 g/mol. The molecule has 1 N–H and O–H groups in total. The van der Waals surface area contributed by atoms with Gasteiger partial charge in [0.2, 0.25) is 0 Å². The molecule has 1 atom stereocenters. The number of pyridine rings is 1. The van der Waals surface area contributed by atoms with Gasteiger partial charge in [-0.3, -0.25) is 14.8 Å². The first-order chi connectivity index (χ1) is 19.7. The van der Waals surface area contributed by atoms with Gasteiger partial charge < -0.3 is 10.0 Å². The Morgan fingerprint density at radius 2 is 1.98 bits per heavy atom. The average Bonchev–Trinajstić information content (AvgIpc) is 3.24. The van der Waals surface area contributed by atoms with Crippen LogP contribution in [-0.4, -0.2) is 46.2 Å². The van der Waals surface area contributed by atoms with Gasteiger partial charge in [-0.25, -0.2) is 0 Å². The zero-order valence-electron chi connectivity index (χ0n) is 25.5. The summed E-state index contributed by atoms with van der Waals surface area (Å²) in [4.78, 5) is 24.7. The molecule has 0 radical (unpaired) electrons. The molecule has 41 heavy (non-hydrogen) atoms. The van der Waals surface area contributed by atoms with E-state index in [1.807, 2.05) is 39.0 Å². The van der Waals surface area contributed by atoms with Crippen LogP contribution in [0.25, 0.3) is 11.3 Å². The Balaban J connectivity index is 1.88. The van der Waals surface area contributed by atoms with Gasteiger partial charge in [0.15, 0.2) is 5.78 Å². The van der Waals surface area contributed by atoms with Gasteiger partial charge in [-0.15, -0.1) is 5.73 Å². The van der Waals surface area contributed by atoms with Crippen LogP contribution in [0.2, 0.25) is 0 Å². The molecule has 0 bridgehead atoms. The van der Waals surface area contributed by atoms with Gasteiger partial charge in [-0.1, -0.05) is 30.9 Å². The van der Waals surface area contributed by atoms with Crippen molar-refractivity contribution in [2.24, 2.45) is 10.9 Å². The van der Waals surface area contributed by atoms with Crippen molar-refractivity contribution in [2.75, 3.05) is 19.7 Å². The first kappa shape index (κ1) is 31.7. The minimum absolute atomic E-state index is 0.128. The highest BCUT2D eigenvalue weighted by atomic mass is 16.2. The van der Waals surface area contributed by atoms with Gasteiger partial charge in [0.05, 0.1) is 11.4 Å². The van der Waals surface area contributed by atoms with Crippen molar-refractivity contribution in [2.45, 2.75) is 66.7 Å². The molecular formula is C36H45N3O2. The smallest absolute Gasteiger partial charge is 0.183 e. The molecule has 1 aromatic rings. The van der Waals surface area contributed by atoms with Gasteiger partial charge in [-0.2, -0.15) is 0 Å². The maximum absolute atomic E-state index is 12.9. The third-order valence-corrected chi connectivity index (χ3v) is 7.98. The topological polar surface area (TPSA) is 65.8 Å². The van der Waals surface area contributed by atoms with Crippen LogP contribution >= 0.6 is 0 Å². The van der Waals surface area contributed by atoms with Crippen molar-refractivity contribution in [1.29, 1.82) is 0 Å². The summed E-state index contributed by atoms with van der Waals surface area (Å²) in [5.41, 5.74) is 12.6. The van der Waals surface area contributed by atoms with E-state index in [4.69, 9.17) is 4.99 Å². The van der Waals surface area contributed by atoms with Crippen LogP contribution in [0.4, 0.5) is 0 Å². The molecule has 2 aliphatic heterocycles. The fourth-order valence-corrected chi connectivity index (χ4v) is 5.08. The lowest BCUT2D eigenvalue weighted by atomic mass is 9.91. The van der Waals surface area contributed by atoms with Crippen LogP contribution in [0.5, 0.6) is 0 Å². The lowest BCUT2D eigenvalue weighted by molar-refractivity contribution is -0.111. The lowest BCUT2D eigenvalue weighted by Crippen LogP contribution is -2.23. The molecule has 2 aliphatic rings. The summed E-state index contributed by atoms with van der Waals surface area (Å²) in [5.74, 6) is 0.327. The molecule has 0 aromatic carbocycles. The molecule has 0 amide bonds. The fraction of sp³-hybridized carbons (Fsp3) is 0.389. The Morgan fingerprint density at radius 3 is 2.68 bits per heavy atom. The monoisotopic (exact) mass is 551 g/mol. The van der Waals surface area contributed by atoms with Crippen LogP contribution in [0.3, 0.4) is 0 Å². The fourth-order valence-electron chi connectivity index (χ4n) is 5.08. The highest BCUT2D eigenvalue weighted by Gasteiger charge is 2.21. The maximum Gasteiger partial charge on any atom is 0.183 e. The van der Waals surface area contributed by atoms with Crippen LogP contribution in [0.15, 0.2) is 101 Å². The first-order valence-electron chi connectivity index (χ1n) is 14.6. The minimum atomic E-state index is -0.128. The molecule has 3 heterocycles. The summed E-state index contributed by atoms with van der Waals surface area (Å²) >= 11 is 0. The molecule has 5 heteroatoms. The van der Waals surface area contributed by atoms with Crippen LogP contribution in [0, 0.1) is 5.92 Å². The number of nitrogens with zero attached hydrogens (tertiary/aromatic N) is 3. The van der Waals surface area contributed by atoms with Crippen molar-refractivity contribution >= 4 is 22.8 Å². The highest BCUT2D eigenvalue weighted by molar-refractivity contribution is 6.15. The van der Waals surface area contributed by atoms with Crippen molar-refractivity contribution in [3.63, 3.8) is 0 Å². The van der Waals surface area contributed by atoms with E-state index in [0.29, 0.717) is 29.3 Å². The number of carbonyl (C=O) groups excluding carboxylic acids is 1. The zero-order valence-corrected chi connectivity index (χ0v) is 25.5. The van der Waals surface area contributed by atoms with Crippen molar-refractivity contribution in [3.8, 4) is 0 Å². The standard InChI is InChI=1S/C36H45N3O2/c1-8-25(3)27(5)21-28(6)31-14-17-37-34(23-31)35-24-36(41)29(7)22-32(38-35)12-13-33(9-2)39-18-15-26(4)30(16-19-39)11-10-20-40/h8-9,12-14,17,23-24,30,40H,4,7,10-11,15-16,18-20,22H2,1-3,5-6H3/b13-12-,25-8-,33-9+. The predicted octanol–water partition coefficient (Wildman–Crippen LogP) is 7.81. The number of carbonyl (C=O) groups is 1. The zero-order chi connectivity index (χ0) is 29.9. The Hall–Kier alpha value is -3.79. The van der Waals surface area contributed by atoms with E-state index in [2.05, 4.69) is 60.8 Å². The van der Waals surface area contributed by atoms with Gasteiger partial charge in [-0.05, 0) is 118 Å². The second-order valence-electron chi connectivity index (χ2n) is 10.8. The van der Waals surface area contributed by atoms with Gasteiger partial charge >= 0.3 is 0 Å². The second-order valence-corrected chi connectivity index (χ2v) is 10.8. The third-order valence-electron chi connectivity index (χ3n) is 7.98. The summed E-state index contributed by atoms with van der Waals surface area (Å²) in [6.07, 6.45) is 15.7. The van der Waals surface area contributed by atoms with Gasteiger partial charge in [0.1, 0.15) is 0 Å². The average molecular weight is 552 g/mol. The second kappa shape index (κ2) is 15.3. The van der Waals surface area contributed by atoms with Crippen molar-refractivity contribution in [1.82, 2.24) is 9.88 Å². The highest BCUT2D eigenvalue weighted by Crippen LogP contribution is 2.28. The number of aromatic nitrogens is 1. The Kier molecular flexibility index (Phi) is 11.8. The SMILES string of the molecule is C=C1CC(/C=C\C(=C/C)N2CCC(=C)C(CCCO)CC2)=NC(c2cc(C(C)=C=C(C)/C(C)=C\C)ccn2)=CC1=O.